The Morgan fingerprint density at radius 2 is 0.707 bits per heavy atom. The third kappa shape index (κ3) is 9.39. The Bertz CT molecular complexity index is 5030. The summed E-state index contributed by atoms with van der Waals surface area (Å²) in [5.74, 6) is 0. The largest absolute Gasteiger partial charge is 0.311 e. The van der Waals surface area contributed by atoms with Crippen LogP contribution in [0.15, 0.2) is 255 Å². The van der Waals surface area contributed by atoms with E-state index in [1.165, 1.54) is 144 Å². The summed E-state index contributed by atoms with van der Waals surface area (Å²) in [5.41, 5.74) is 33.9. The second-order valence-electron chi connectivity index (χ2n) is 30.3. The first kappa shape index (κ1) is 57.3. The van der Waals surface area contributed by atoms with Gasteiger partial charge in [0, 0.05) is 50.3 Å². The zero-order valence-corrected chi connectivity index (χ0v) is 55.2. The summed E-state index contributed by atoms with van der Waals surface area (Å²) >= 11 is 0. The number of fused-ring (bicyclic) bond motifs is 12. The number of hydrogen-bond donors (Lipinski definition) is 0. The molecule has 3 aliphatic heterocycles. The Balaban J connectivity index is 1.07. The maximum atomic E-state index is 2.68. The quantitative estimate of drug-likeness (QED) is 0.154. The molecule has 0 unspecified atom stereocenters. The fourth-order valence-corrected chi connectivity index (χ4v) is 15.0. The smallest absolute Gasteiger partial charge is 0.252 e. The van der Waals surface area contributed by atoms with E-state index in [-0.39, 0.29) is 28.4 Å². The highest BCUT2D eigenvalue weighted by Crippen LogP contribution is 2.56. The van der Waals surface area contributed by atoms with Crippen molar-refractivity contribution < 1.29 is 0 Å². The summed E-state index contributed by atoms with van der Waals surface area (Å²) < 4.78 is 2.54. The van der Waals surface area contributed by atoms with E-state index in [4.69, 9.17) is 0 Å². The van der Waals surface area contributed by atoms with Crippen LogP contribution in [0.1, 0.15) is 105 Å². The van der Waals surface area contributed by atoms with Gasteiger partial charge in [-0.05, 0) is 177 Å². The van der Waals surface area contributed by atoms with Gasteiger partial charge in [-0.3, -0.25) is 0 Å². The van der Waals surface area contributed by atoms with Crippen LogP contribution in [0.25, 0.3) is 94.3 Å². The van der Waals surface area contributed by atoms with Crippen LogP contribution in [-0.4, -0.2) is 11.3 Å². The molecule has 448 valence electrons. The molecule has 12 aromatic carbocycles. The number of anilines is 6. The molecule has 4 heterocycles. The Morgan fingerprint density at radius 1 is 0.261 bits per heavy atom. The van der Waals surface area contributed by atoms with Crippen molar-refractivity contribution in [2.75, 3.05) is 9.80 Å². The maximum Gasteiger partial charge on any atom is 0.252 e. The molecule has 0 amide bonds. The van der Waals surface area contributed by atoms with Gasteiger partial charge >= 0.3 is 0 Å². The Morgan fingerprint density at radius 3 is 1.27 bits per heavy atom. The van der Waals surface area contributed by atoms with Crippen LogP contribution in [0.5, 0.6) is 0 Å². The average molecular weight is 1190 g/mol. The Hall–Kier alpha value is -9.90. The van der Waals surface area contributed by atoms with E-state index in [0.717, 1.165) is 22.7 Å². The molecule has 0 atom stereocenters. The van der Waals surface area contributed by atoms with Crippen LogP contribution < -0.4 is 26.2 Å². The van der Waals surface area contributed by atoms with Crippen LogP contribution in [0.2, 0.25) is 0 Å². The highest BCUT2D eigenvalue weighted by Gasteiger charge is 2.47. The zero-order valence-electron chi connectivity index (χ0n) is 55.2. The second kappa shape index (κ2) is 20.8. The molecule has 13 aromatic rings. The standard InChI is InChI=1S/C88H78BN3/c1-85(2,3)63-42-60(43-64(51-63)86(4,5)6)57-30-25-31-67(46-57)90-80-50-59(61-44-65(87(7,8)9)52-66(45-61)88(10,11)12)38-40-75(80)89-76-49-62(56-28-17-14-18-29-56)48-74-70-33-20-19-32-69(70)73-47-58(55-26-15-13-16-27-55)39-41-79(73)92(84(74)76)82-54-68(53-81(90)83(82)89)91-77-36-23-21-34-71(77)72-35-22-24-37-78(72)91/h13-54H,1-12H3. The van der Waals surface area contributed by atoms with Gasteiger partial charge in [0.05, 0.1) is 22.4 Å². The summed E-state index contributed by atoms with van der Waals surface area (Å²) in [7, 11) is 0. The van der Waals surface area contributed by atoms with Gasteiger partial charge in [0.15, 0.2) is 0 Å². The summed E-state index contributed by atoms with van der Waals surface area (Å²) in [6, 6.07) is 98.1. The zero-order chi connectivity index (χ0) is 63.3. The van der Waals surface area contributed by atoms with Gasteiger partial charge < -0.3 is 14.4 Å². The average Bonchev–Trinajstić information content (AvgIpc) is 1.13. The third-order valence-corrected chi connectivity index (χ3v) is 20.0. The summed E-state index contributed by atoms with van der Waals surface area (Å²) in [4.78, 5) is 5.34. The molecule has 92 heavy (non-hydrogen) atoms. The van der Waals surface area contributed by atoms with E-state index < -0.39 is 0 Å². The number of benzene rings is 12. The van der Waals surface area contributed by atoms with Gasteiger partial charge in [-0.1, -0.05) is 277 Å². The lowest BCUT2D eigenvalue weighted by Gasteiger charge is -2.45. The van der Waals surface area contributed by atoms with Crippen LogP contribution in [0.4, 0.5) is 34.1 Å². The van der Waals surface area contributed by atoms with E-state index in [1.807, 2.05) is 0 Å². The highest BCUT2D eigenvalue weighted by atomic mass is 15.2. The molecule has 0 saturated heterocycles. The first-order chi connectivity index (χ1) is 44.1. The predicted molar refractivity (Wildman–Crippen MR) is 396 cm³/mol. The van der Waals surface area contributed by atoms with Crippen molar-refractivity contribution in [2.45, 2.75) is 105 Å². The first-order valence-electron chi connectivity index (χ1n) is 33.0. The van der Waals surface area contributed by atoms with Crippen molar-refractivity contribution in [3.8, 4) is 72.4 Å². The number of rotatable bonds is 6. The topological polar surface area (TPSA) is 11.4 Å². The van der Waals surface area contributed by atoms with Crippen LogP contribution in [0.3, 0.4) is 0 Å². The van der Waals surface area contributed by atoms with Gasteiger partial charge in [-0.15, -0.1) is 0 Å². The van der Waals surface area contributed by atoms with Crippen molar-refractivity contribution in [2.24, 2.45) is 0 Å². The third-order valence-electron chi connectivity index (χ3n) is 20.0. The van der Waals surface area contributed by atoms with E-state index >= 15 is 0 Å². The van der Waals surface area contributed by atoms with E-state index in [2.05, 4.69) is 352 Å². The minimum absolute atomic E-state index is 0.0543. The van der Waals surface area contributed by atoms with E-state index in [1.54, 1.807) is 0 Å². The molecule has 0 fully saturated rings. The Kier molecular flexibility index (Phi) is 13.0. The molecule has 0 saturated carbocycles. The van der Waals surface area contributed by atoms with Gasteiger partial charge in [-0.2, -0.15) is 0 Å². The van der Waals surface area contributed by atoms with Crippen molar-refractivity contribution in [3.63, 3.8) is 0 Å². The SMILES string of the molecule is CC(C)(C)c1cc(-c2cccc(N3c4cc(-c5cc(C(C)(C)C)cc(C(C)(C)C)c5)ccc4B4c5cc(-c6ccccc6)cc6c5N(c5ccc(-c7ccccc7)cc5-c5ccccc5-6)c5cc(-n6c7ccccc7c7ccccc76)cc3c54)c2)cc(C(C)(C)C)c1. The summed E-state index contributed by atoms with van der Waals surface area (Å²) in [6.07, 6.45) is 0. The fourth-order valence-electron chi connectivity index (χ4n) is 15.0. The van der Waals surface area contributed by atoms with Crippen molar-refractivity contribution in [1.29, 1.82) is 0 Å². The lowest BCUT2D eigenvalue weighted by molar-refractivity contribution is 0.568. The maximum absolute atomic E-state index is 2.68. The predicted octanol–water partition coefficient (Wildman–Crippen LogP) is 22.4. The monoisotopic (exact) mass is 1190 g/mol. The molecular formula is C88H78BN3. The minimum Gasteiger partial charge on any atom is -0.311 e. The number of hydrogen-bond acceptors (Lipinski definition) is 2. The molecule has 3 aliphatic rings. The van der Waals surface area contributed by atoms with Crippen molar-refractivity contribution >= 4 is 79.0 Å². The minimum atomic E-state index is -0.175. The molecule has 1 aromatic heterocycles. The number of nitrogens with zero attached hydrogens (tertiary/aromatic N) is 3. The molecule has 0 aliphatic carbocycles. The lowest BCUT2D eigenvalue weighted by Crippen LogP contribution is -2.61. The molecule has 4 heteroatoms. The van der Waals surface area contributed by atoms with Crippen LogP contribution in [-0.2, 0) is 21.7 Å². The van der Waals surface area contributed by atoms with Crippen molar-refractivity contribution in [1.82, 2.24) is 4.57 Å². The molecule has 0 bridgehead atoms. The van der Waals surface area contributed by atoms with Crippen molar-refractivity contribution in [3.05, 3.63) is 277 Å². The summed E-state index contributed by atoms with van der Waals surface area (Å²) in [6.45, 7) is 28.0. The van der Waals surface area contributed by atoms with Crippen LogP contribution in [0, 0.1) is 0 Å². The first-order valence-corrected chi connectivity index (χ1v) is 33.0. The molecular weight excluding hydrogens is 1110 g/mol. The molecule has 0 radical (unpaired) electrons. The van der Waals surface area contributed by atoms with E-state index in [0.29, 0.717) is 0 Å². The van der Waals surface area contributed by atoms with E-state index in [9.17, 15) is 0 Å². The van der Waals surface area contributed by atoms with Gasteiger partial charge in [0.1, 0.15) is 0 Å². The highest BCUT2D eigenvalue weighted by molar-refractivity contribution is 7.00. The molecule has 16 rings (SSSR count). The second-order valence-corrected chi connectivity index (χ2v) is 30.3. The normalized spacial score (nSPS) is 13.4. The lowest BCUT2D eigenvalue weighted by atomic mass is 9.33. The molecule has 3 nitrogen and oxygen atoms in total. The number of aromatic nitrogens is 1. The fraction of sp³-hybridized carbons (Fsp3) is 0.182. The molecule has 0 spiro atoms. The van der Waals surface area contributed by atoms with Gasteiger partial charge in [-0.25, -0.2) is 0 Å². The Labute approximate surface area is 544 Å². The summed E-state index contributed by atoms with van der Waals surface area (Å²) in [5, 5.41) is 2.47. The van der Waals surface area contributed by atoms with Gasteiger partial charge in [0.25, 0.3) is 6.71 Å². The van der Waals surface area contributed by atoms with Crippen LogP contribution >= 0.6 is 0 Å². The van der Waals surface area contributed by atoms with Gasteiger partial charge in [0.2, 0.25) is 0 Å². The molecule has 0 N–H and O–H groups in total. The number of para-hydroxylation sites is 2.